The molecule has 2 amide bonds. The van der Waals surface area contributed by atoms with Crippen LogP contribution in [0.15, 0.2) is 18.5 Å². The van der Waals surface area contributed by atoms with Gasteiger partial charge in [-0.05, 0) is 18.9 Å². The molecule has 3 aromatic heterocycles. The van der Waals surface area contributed by atoms with Gasteiger partial charge in [-0.2, -0.15) is 45.3 Å². The summed E-state index contributed by atoms with van der Waals surface area (Å²) >= 11 is 6.92. The molecule has 1 aliphatic carbocycles. The van der Waals surface area contributed by atoms with Crippen LogP contribution in [0.4, 0.5) is 35.1 Å². The number of primary amides is 1. The zero-order valence-corrected chi connectivity index (χ0v) is 19.7. The minimum absolute atomic E-state index is 0.0517. The molecule has 4 rings (SSSR count). The molecule has 0 saturated heterocycles. The maximum Gasteiger partial charge on any atom is 0.459 e. The van der Waals surface area contributed by atoms with Gasteiger partial charge in [0.1, 0.15) is 15.4 Å². The van der Waals surface area contributed by atoms with Crippen molar-refractivity contribution in [2.24, 2.45) is 12.8 Å². The Morgan fingerprint density at radius 1 is 1.16 bits per heavy atom. The number of thiophene rings is 1. The molecule has 0 atom stereocenters. The molecule has 3 heterocycles. The molecule has 37 heavy (non-hydrogen) atoms. The molecule has 1 aliphatic rings. The monoisotopic (exact) mass is 576 g/mol. The molecule has 0 aromatic carbocycles. The van der Waals surface area contributed by atoms with Crippen LogP contribution < -0.4 is 11.1 Å². The highest BCUT2D eigenvalue weighted by molar-refractivity contribution is 7.19. The highest BCUT2D eigenvalue weighted by atomic mass is 35.5. The number of halogens is 9. The van der Waals surface area contributed by atoms with Crippen molar-refractivity contribution in [2.75, 3.05) is 0 Å². The van der Waals surface area contributed by atoms with Gasteiger partial charge in [-0.25, -0.2) is 9.36 Å². The summed E-state index contributed by atoms with van der Waals surface area (Å²) in [5, 5.41) is 8.96. The lowest BCUT2D eigenvalue weighted by molar-refractivity contribution is -0.292. The molecule has 3 aromatic rings. The summed E-state index contributed by atoms with van der Waals surface area (Å²) in [6.45, 7) is 0. The number of hydrogen-bond donors (Lipinski definition) is 2. The van der Waals surface area contributed by atoms with Crippen molar-refractivity contribution >= 4 is 34.8 Å². The van der Waals surface area contributed by atoms with Crippen LogP contribution in [-0.2, 0) is 23.9 Å². The molecule has 200 valence electrons. The Balaban J connectivity index is 1.73. The number of alkyl halides is 8. The Bertz CT molecular complexity index is 1400. The Hall–Kier alpha value is -3.21. The largest absolute Gasteiger partial charge is 0.459 e. The van der Waals surface area contributed by atoms with E-state index in [1.807, 2.05) is 0 Å². The van der Waals surface area contributed by atoms with Crippen LogP contribution in [0, 0.1) is 0 Å². The quantitative estimate of drug-likeness (QED) is 0.424. The molecule has 0 aliphatic heterocycles. The predicted octanol–water partition coefficient (Wildman–Crippen LogP) is 4.41. The highest BCUT2D eigenvalue weighted by Gasteiger charge is 2.64. The van der Waals surface area contributed by atoms with Gasteiger partial charge in [-0.15, -0.1) is 11.3 Å². The van der Waals surface area contributed by atoms with E-state index in [1.54, 1.807) is 0 Å². The van der Waals surface area contributed by atoms with E-state index < -0.39 is 52.7 Å². The van der Waals surface area contributed by atoms with Crippen molar-refractivity contribution in [2.45, 2.75) is 36.7 Å². The first-order valence-electron chi connectivity index (χ1n) is 9.95. The summed E-state index contributed by atoms with van der Waals surface area (Å²) in [5.74, 6) is -8.57. The van der Waals surface area contributed by atoms with Crippen molar-refractivity contribution < 1.29 is 44.7 Å². The lowest BCUT2D eigenvalue weighted by Crippen LogP contribution is -2.46. The molecule has 3 N–H and O–H groups in total. The van der Waals surface area contributed by atoms with Gasteiger partial charge in [0, 0.05) is 23.7 Å². The maximum absolute atomic E-state index is 13.9. The molecule has 0 bridgehead atoms. The van der Waals surface area contributed by atoms with E-state index in [0.29, 0.717) is 17.5 Å². The minimum Gasteiger partial charge on any atom is -0.368 e. The third-order valence-corrected chi connectivity index (χ3v) is 6.95. The Kier molecular flexibility index (Phi) is 6.10. The number of aryl methyl sites for hydroxylation is 1. The third-order valence-electron chi connectivity index (χ3n) is 5.54. The second kappa shape index (κ2) is 8.41. The first-order valence-corrected chi connectivity index (χ1v) is 11.1. The summed E-state index contributed by atoms with van der Waals surface area (Å²) in [7, 11) is 0.749. The molecule has 18 heteroatoms. The van der Waals surface area contributed by atoms with Gasteiger partial charge in [0.05, 0.1) is 11.8 Å². The predicted molar refractivity (Wildman–Crippen MR) is 112 cm³/mol. The first-order chi connectivity index (χ1) is 16.9. The third kappa shape index (κ3) is 4.54. The van der Waals surface area contributed by atoms with Crippen LogP contribution in [0.5, 0.6) is 0 Å². The molecule has 0 spiro atoms. The van der Waals surface area contributed by atoms with Crippen molar-refractivity contribution in [1.29, 1.82) is 0 Å². The van der Waals surface area contributed by atoms with Crippen LogP contribution in [0.25, 0.3) is 16.3 Å². The Morgan fingerprint density at radius 2 is 1.78 bits per heavy atom. The van der Waals surface area contributed by atoms with Crippen molar-refractivity contribution in [3.8, 4) is 16.3 Å². The van der Waals surface area contributed by atoms with Crippen LogP contribution >= 0.6 is 22.9 Å². The van der Waals surface area contributed by atoms with E-state index in [1.165, 1.54) is 6.07 Å². The van der Waals surface area contributed by atoms with Gasteiger partial charge in [0.25, 0.3) is 5.91 Å². The number of amides is 2. The van der Waals surface area contributed by atoms with E-state index in [2.05, 4.69) is 15.5 Å². The minimum atomic E-state index is -6.34. The van der Waals surface area contributed by atoms with Gasteiger partial charge in [-0.1, -0.05) is 11.6 Å². The fourth-order valence-electron chi connectivity index (χ4n) is 3.47. The topological polar surface area (TPSA) is 108 Å². The average molecular weight is 577 g/mol. The van der Waals surface area contributed by atoms with E-state index in [0.717, 1.165) is 30.8 Å². The van der Waals surface area contributed by atoms with Gasteiger partial charge in [-0.3, -0.25) is 9.59 Å². The van der Waals surface area contributed by atoms with Crippen molar-refractivity contribution in [1.82, 2.24) is 24.9 Å². The summed E-state index contributed by atoms with van der Waals surface area (Å²) < 4.78 is 108. The van der Waals surface area contributed by atoms with Crippen molar-refractivity contribution in [3.05, 3.63) is 39.6 Å². The number of nitrogens with one attached hydrogen (secondary N) is 1. The summed E-state index contributed by atoms with van der Waals surface area (Å²) in [6.07, 6.45) is -9.43. The summed E-state index contributed by atoms with van der Waals surface area (Å²) in [4.78, 5) is 24.3. The second-order valence-electron chi connectivity index (χ2n) is 8.11. The normalized spacial score (nSPS) is 15.6. The molecule has 0 unspecified atom stereocenters. The average Bonchev–Trinajstić information content (AvgIpc) is 3.09. The fraction of sp³-hybridized carbons (Fsp3) is 0.368. The zero-order chi connectivity index (χ0) is 27.7. The standard InChI is InChI=1S/C19H13ClF8N6O2S/c1-33-14(10(18(23,24)25)11(32-33)17(21,22)19(26,27)28)34-6-7(5-30-34)9-4-8(12(20)37-9)13(35)31-16(2-3-16)15(29)36/h4-6H,2-3H2,1H3,(H2,29,36)(H,31,35). The van der Waals surface area contributed by atoms with E-state index >= 15 is 0 Å². The molecule has 1 fully saturated rings. The number of hydrogen-bond acceptors (Lipinski definition) is 5. The van der Waals surface area contributed by atoms with Crippen LogP contribution in [-0.4, -0.2) is 43.1 Å². The Labute approximate surface area is 210 Å². The smallest absolute Gasteiger partial charge is 0.368 e. The van der Waals surface area contributed by atoms with Crippen molar-refractivity contribution in [3.63, 3.8) is 0 Å². The lowest BCUT2D eigenvalue weighted by atomic mass is 10.1. The molecule has 0 radical (unpaired) electrons. The van der Waals surface area contributed by atoms with E-state index in [4.69, 9.17) is 17.3 Å². The van der Waals surface area contributed by atoms with Gasteiger partial charge in [0.15, 0.2) is 11.5 Å². The first kappa shape index (κ1) is 26.8. The maximum atomic E-state index is 13.9. The highest BCUT2D eigenvalue weighted by Crippen LogP contribution is 2.49. The Morgan fingerprint density at radius 3 is 2.30 bits per heavy atom. The number of aromatic nitrogens is 4. The van der Waals surface area contributed by atoms with Crippen LogP contribution in [0.3, 0.4) is 0 Å². The van der Waals surface area contributed by atoms with E-state index in [-0.39, 0.29) is 25.0 Å². The summed E-state index contributed by atoms with van der Waals surface area (Å²) in [6, 6.07) is 1.25. The molecule has 8 nitrogen and oxygen atoms in total. The number of carbonyl (C=O) groups is 2. The number of nitrogens with two attached hydrogens (primary N) is 1. The number of carbonyl (C=O) groups excluding carboxylic acids is 2. The zero-order valence-electron chi connectivity index (χ0n) is 18.1. The molecule has 1 saturated carbocycles. The van der Waals surface area contributed by atoms with Crippen LogP contribution in [0.2, 0.25) is 4.34 Å². The number of rotatable bonds is 6. The molecular weight excluding hydrogens is 564 g/mol. The lowest BCUT2D eigenvalue weighted by Gasteiger charge is -2.19. The number of nitrogens with zero attached hydrogens (tertiary/aromatic N) is 4. The second-order valence-corrected chi connectivity index (χ2v) is 9.77. The van der Waals surface area contributed by atoms with Gasteiger partial charge >= 0.3 is 18.3 Å². The van der Waals surface area contributed by atoms with E-state index in [9.17, 15) is 44.7 Å². The SMILES string of the molecule is Cn1nc(C(F)(F)C(F)(F)F)c(C(F)(F)F)c1-n1cc(-c2cc(C(=O)NC3(C(N)=O)CC3)c(Cl)s2)cn1. The van der Waals surface area contributed by atoms with Gasteiger partial charge < -0.3 is 11.1 Å². The fourth-order valence-corrected chi connectivity index (χ4v) is 4.71. The summed E-state index contributed by atoms with van der Waals surface area (Å²) in [5.41, 5.74) is -0.799. The van der Waals surface area contributed by atoms with Crippen LogP contribution in [0.1, 0.15) is 34.5 Å². The molecular formula is C19H13ClF8N6O2S. The van der Waals surface area contributed by atoms with Gasteiger partial charge in [0.2, 0.25) is 5.91 Å².